The minimum atomic E-state index is -0.988. The summed E-state index contributed by atoms with van der Waals surface area (Å²) in [6.07, 6.45) is 2.77. The van der Waals surface area contributed by atoms with Crippen LogP contribution in [0.3, 0.4) is 0 Å². The highest BCUT2D eigenvalue weighted by atomic mass is 16.4. The van der Waals surface area contributed by atoms with Crippen LogP contribution in [0, 0.1) is 0 Å². The van der Waals surface area contributed by atoms with Gasteiger partial charge in [0.25, 0.3) is 5.91 Å². The predicted molar refractivity (Wildman–Crippen MR) is 63.3 cm³/mol. The van der Waals surface area contributed by atoms with E-state index in [-0.39, 0.29) is 18.0 Å². The lowest BCUT2D eigenvalue weighted by atomic mass is 10.1. The van der Waals surface area contributed by atoms with Crippen molar-refractivity contribution in [3.05, 3.63) is 59.5 Å². The van der Waals surface area contributed by atoms with Crippen LogP contribution in [-0.4, -0.2) is 17.0 Å². The molecule has 1 aromatic heterocycles. The number of furan rings is 1. The van der Waals surface area contributed by atoms with Gasteiger partial charge < -0.3 is 14.8 Å². The Morgan fingerprint density at radius 3 is 2.72 bits per heavy atom. The van der Waals surface area contributed by atoms with Crippen molar-refractivity contribution in [1.82, 2.24) is 5.32 Å². The number of carboxylic acids is 1. The van der Waals surface area contributed by atoms with E-state index in [1.165, 1.54) is 24.7 Å². The van der Waals surface area contributed by atoms with Crippen LogP contribution in [0.4, 0.5) is 0 Å². The van der Waals surface area contributed by atoms with E-state index in [0.29, 0.717) is 5.56 Å². The molecule has 1 amide bonds. The molecule has 1 heterocycles. The van der Waals surface area contributed by atoms with Crippen molar-refractivity contribution in [3.8, 4) is 0 Å². The van der Waals surface area contributed by atoms with Crippen LogP contribution in [-0.2, 0) is 6.54 Å². The zero-order valence-electron chi connectivity index (χ0n) is 9.42. The summed E-state index contributed by atoms with van der Waals surface area (Å²) in [6, 6.07) is 7.98. The molecule has 0 aliphatic heterocycles. The monoisotopic (exact) mass is 245 g/mol. The summed E-state index contributed by atoms with van der Waals surface area (Å²) in [5, 5.41) is 11.5. The van der Waals surface area contributed by atoms with E-state index in [4.69, 9.17) is 9.52 Å². The zero-order chi connectivity index (χ0) is 13.0. The SMILES string of the molecule is O=C(O)c1cccc(CNC(=O)c2ccoc2)c1. The van der Waals surface area contributed by atoms with Gasteiger partial charge in [-0.25, -0.2) is 4.79 Å². The molecule has 5 nitrogen and oxygen atoms in total. The molecule has 2 rings (SSSR count). The minimum absolute atomic E-state index is 0.199. The molecule has 0 bridgehead atoms. The topological polar surface area (TPSA) is 79.5 Å². The van der Waals surface area contributed by atoms with Crippen molar-refractivity contribution in [2.24, 2.45) is 0 Å². The van der Waals surface area contributed by atoms with E-state index in [1.807, 2.05) is 0 Å². The van der Waals surface area contributed by atoms with E-state index in [1.54, 1.807) is 18.2 Å². The van der Waals surface area contributed by atoms with Crippen molar-refractivity contribution in [3.63, 3.8) is 0 Å². The number of hydrogen-bond acceptors (Lipinski definition) is 3. The Labute approximate surface area is 103 Å². The second-order valence-electron chi connectivity index (χ2n) is 3.70. The van der Waals surface area contributed by atoms with Gasteiger partial charge in [-0.15, -0.1) is 0 Å². The molecular weight excluding hydrogens is 234 g/mol. The number of benzene rings is 1. The Kier molecular flexibility index (Phi) is 3.43. The first-order valence-corrected chi connectivity index (χ1v) is 5.29. The fraction of sp³-hybridized carbons (Fsp3) is 0.0769. The predicted octanol–water partition coefficient (Wildman–Crippen LogP) is 1.91. The first-order valence-electron chi connectivity index (χ1n) is 5.29. The molecule has 0 fully saturated rings. The number of carbonyl (C=O) groups excluding carboxylic acids is 1. The molecule has 92 valence electrons. The number of hydrogen-bond donors (Lipinski definition) is 2. The van der Waals surface area contributed by atoms with Gasteiger partial charge in [0.15, 0.2) is 0 Å². The Hall–Kier alpha value is -2.56. The maximum Gasteiger partial charge on any atom is 0.335 e. The smallest absolute Gasteiger partial charge is 0.335 e. The lowest BCUT2D eigenvalue weighted by Gasteiger charge is -2.04. The van der Waals surface area contributed by atoms with Gasteiger partial charge in [-0.3, -0.25) is 4.79 Å². The summed E-state index contributed by atoms with van der Waals surface area (Å²) in [5.41, 5.74) is 1.36. The molecule has 0 radical (unpaired) electrons. The van der Waals surface area contributed by atoms with Crippen LogP contribution in [0.15, 0.2) is 47.3 Å². The lowest BCUT2D eigenvalue weighted by Crippen LogP contribution is -2.22. The maximum absolute atomic E-state index is 11.6. The minimum Gasteiger partial charge on any atom is -0.478 e. The molecule has 1 aromatic carbocycles. The van der Waals surface area contributed by atoms with Gasteiger partial charge in [0, 0.05) is 6.54 Å². The van der Waals surface area contributed by atoms with E-state index < -0.39 is 5.97 Å². The average Bonchev–Trinajstić information content (AvgIpc) is 2.90. The van der Waals surface area contributed by atoms with Gasteiger partial charge in [-0.05, 0) is 23.8 Å². The molecule has 5 heteroatoms. The van der Waals surface area contributed by atoms with Crippen molar-refractivity contribution in [2.45, 2.75) is 6.54 Å². The Morgan fingerprint density at radius 1 is 1.22 bits per heavy atom. The summed E-state index contributed by atoms with van der Waals surface area (Å²) in [7, 11) is 0. The Balaban J connectivity index is 2.00. The van der Waals surface area contributed by atoms with Gasteiger partial charge >= 0.3 is 5.97 Å². The van der Waals surface area contributed by atoms with Crippen LogP contribution < -0.4 is 5.32 Å². The molecule has 2 aromatic rings. The summed E-state index contributed by atoms with van der Waals surface area (Å²) in [6.45, 7) is 0.269. The lowest BCUT2D eigenvalue weighted by molar-refractivity contribution is 0.0696. The highest BCUT2D eigenvalue weighted by Crippen LogP contribution is 2.06. The normalized spacial score (nSPS) is 10.0. The Morgan fingerprint density at radius 2 is 2.06 bits per heavy atom. The standard InChI is InChI=1S/C13H11NO4/c15-12(11-4-5-18-8-11)14-7-9-2-1-3-10(6-9)13(16)17/h1-6,8H,7H2,(H,14,15)(H,16,17). The van der Waals surface area contributed by atoms with Gasteiger partial charge in [0.1, 0.15) is 6.26 Å². The van der Waals surface area contributed by atoms with Crippen molar-refractivity contribution < 1.29 is 19.1 Å². The van der Waals surface area contributed by atoms with Gasteiger partial charge in [-0.2, -0.15) is 0 Å². The number of carbonyl (C=O) groups is 2. The van der Waals surface area contributed by atoms with Crippen LogP contribution in [0.2, 0.25) is 0 Å². The summed E-state index contributed by atoms with van der Waals surface area (Å²) >= 11 is 0. The Bertz CT molecular complexity index is 560. The van der Waals surface area contributed by atoms with E-state index >= 15 is 0 Å². The number of nitrogens with one attached hydrogen (secondary N) is 1. The molecule has 0 aliphatic rings. The molecular formula is C13H11NO4. The number of carboxylic acid groups (broad SMARTS) is 1. The fourth-order valence-electron chi connectivity index (χ4n) is 1.49. The number of rotatable bonds is 4. The first-order chi connectivity index (χ1) is 8.66. The third-order valence-electron chi connectivity index (χ3n) is 2.41. The third kappa shape index (κ3) is 2.76. The highest BCUT2D eigenvalue weighted by molar-refractivity contribution is 5.93. The van der Waals surface area contributed by atoms with E-state index in [2.05, 4.69) is 5.32 Å². The van der Waals surface area contributed by atoms with Gasteiger partial charge in [-0.1, -0.05) is 12.1 Å². The largest absolute Gasteiger partial charge is 0.478 e. The maximum atomic E-state index is 11.6. The molecule has 0 aliphatic carbocycles. The fourth-order valence-corrected chi connectivity index (χ4v) is 1.49. The van der Waals surface area contributed by atoms with Crippen LogP contribution in [0.1, 0.15) is 26.3 Å². The molecule has 0 saturated heterocycles. The molecule has 2 N–H and O–H groups in total. The summed E-state index contributed by atoms with van der Waals surface area (Å²) in [4.78, 5) is 22.4. The quantitative estimate of drug-likeness (QED) is 0.862. The van der Waals surface area contributed by atoms with E-state index in [9.17, 15) is 9.59 Å². The van der Waals surface area contributed by atoms with Crippen LogP contribution in [0.25, 0.3) is 0 Å². The second-order valence-corrected chi connectivity index (χ2v) is 3.70. The number of amides is 1. The zero-order valence-corrected chi connectivity index (χ0v) is 9.42. The van der Waals surface area contributed by atoms with Gasteiger partial charge in [0.2, 0.25) is 0 Å². The molecule has 0 unspecified atom stereocenters. The molecule has 18 heavy (non-hydrogen) atoms. The summed E-state index contributed by atoms with van der Waals surface area (Å²) < 4.78 is 4.80. The third-order valence-corrected chi connectivity index (χ3v) is 2.41. The van der Waals surface area contributed by atoms with Crippen molar-refractivity contribution >= 4 is 11.9 Å². The number of aromatic carboxylic acids is 1. The van der Waals surface area contributed by atoms with E-state index in [0.717, 1.165) is 5.56 Å². The van der Waals surface area contributed by atoms with Gasteiger partial charge in [0.05, 0.1) is 17.4 Å². The molecule has 0 atom stereocenters. The summed E-state index contributed by atoms with van der Waals surface area (Å²) in [5.74, 6) is -1.25. The van der Waals surface area contributed by atoms with Crippen LogP contribution in [0.5, 0.6) is 0 Å². The van der Waals surface area contributed by atoms with Crippen molar-refractivity contribution in [2.75, 3.05) is 0 Å². The first kappa shape index (κ1) is 11.9. The van der Waals surface area contributed by atoms with Crippen molar-refractivity contribution in [1.29, 1.82) is 0 Å². The molecule has 0 saturated carbocycles. The highest BCUT2D eigenvalue weighted by Gasteiger charge is 2.07. The van der Waals surface area contributed by atoms with Crippen LogP contribution >= 0.6 is 0 Å². The molecule has 0 spiro atoms. The average molecular weight is 245 g/mol. The second kappa shape index (κ2) is 5.18.